The number of aromatic amines is 1. The van der Waals surface area contributed by atoms with Crippen molar-refractivity contribution < 1.29 is 19.8 Å². The van der Waals surface area contributed by atoms with Gasteiger partial charge in [0.2, 0.25) is 5.91 Å². The molecule has 0 aliphatic carbocycles. The van der Waals surface area contributed by atoms with Crippen LogP contribution in [-0.2, 0) is 16.0 Å². The average molecular weight is 242 g/mol. The molecule has 1 aromatic rings. The van der Waals surface area contributed by atoms with Crippen molar-refractivity contribution in [3.63, 3.8) is 0 Å². The number of rotatable bonds is 6. The summed E-state index contributed by atoms with van der Waals surface area (Å²) in [5.74, 6) is -1.96. The van der Waals surface area contributed by atoms with Crippen molar-refractivity contribution in [3.8, 4) is 0 Å². The molecule has 0 aromatic carbocycles. The Hall–Kier alpha value is -1.93. The van der Waals surface area contributed by atoms with Gasteiger partial charge in [-0.3, -0.25) is 4.79 Å². The highest BCUT2D eigenvalue weighted by molar-refractivity contribution is 5.86. The lowest BCUT2D eigenvalue weighted by Crippen LogP contribution is -2.50. The molecule has 2 unspecified atom stereocenters. The maximum atomic E-state index is 11.5. The first-order valence-electron chi connectivity index (χ1n) is 4.92. The van der Waals surface area contributed by atoms with E-state index in [1.54, 1.807) is 6.20 Å². The van der Waals surface area contributed by atoms with E-state index in [1.807, 2.05) is 0 Å². The van der Waals surface area contributed by atoms with Gasteiger partial charge in [0.25, 0.3) is 0 Å². The van der Waals surface area contributed by atoms with Crippen molar-refractivity contribution in [2.45, 2.75) is 18.5 Å². The fourth-order valence-electron chi connectivity index (χ4n) is 1.18. The van der Waals surface area contributed by atoms with Crippen molar-refractivity contribution in [1.29, 1.82) is 0 Å². The number of hydrogen-bond acceptors (Lipinski definition) is 5. The quantitative estimate of drug-likeness (QED) is 0.385. The van der Waals surface area contributed by atoms with E-state index in [1.165, 1.54) is 6.33 Å². The second-order valence-corrected chi connectivity index (χ2v) is 3.45. The number of nitrogens with two attached hydrogens (primary N) is 1. The van der Waals surface area contributed by atoms with Crippen LogP contribution in [0.2, 0.25) is 0 Å². The van der Waals surface area contributed by atoms with Crippen LogP contribution in [0, 0.1) is 0 Å². The van der Waals surface area contributed by atoms with Crippen LogP contribution in [0.4, 0.5) is 0 Å². The summed E-state index contributed by atoms with van der Waals surface area (Å²) in [6.07, 6.45) is 3.23. The zero-order valence-corrected chi connectivity index (χ0v) is 8.96. The van der Waals surface area contributed by atoms with Crippen molar-refractivity contribution in [1.82, 2.24) is 15.3 Å². The second kappa shape index (κ2) is 5.97. The molecule has 17 heavy (non-hydrogen) atoms. The Morgan fingerprint density at radius 1 is 1.59 bits per heavy atom. The molecule has 0 saturated heterocycles. The number of amides is 1. The first-order chi connectivity index (χ1) is 8.04. The highest BCUT2D eigenvalue weighted by atomic mass is 16.4. The fourth-order valence-corrected chi connectivity index (χ4v) is 1.18. The van der Waals surface area contributed by atoms with Gasteiger partial charge in [0.15, 0.2) is 0 Å². The summed E-state index contributed by atoms with van der Waals surface area (Å²) < 4.78 is 0. The van der Waals surface area contributed by atoms with E-state index < -0.39 is 30.6 Å². The number of H-pyrrole nitrogens is 1. The van der Waals surface area contributed by atoms with Gasteiger partial charge < -0.3 is 26.2 Å². The third kappa shape index (κ3) is 3.85. The maximum Gasteiger partial charge on any atom is 0.328 e. The number of nitrogens with one attached hydrogen (secondary N) is 2. The summed E-state index contributed by atoms with van der Waals surface area (Å²) >= 11 is 0. The highest BCUT2D eigenvalue weighted by Gasteiger charge is 2.22. The predicted octanol–water partition coefficient (Wildman–Crippen LogP) is -2.16. The van der Waals surface area contributed by atoms with Gasteiger partial charge in [-0.15, -0.1) is 0 Å². The Morgan fingerprint density at radius 2 is 2.29 bits per heavy atom. The minimum Gasteiger partial charge on any atom is -0.480 e. The van der Waals surface area contributed by atoms with E-state index in [2.05, 4.69) is 15.3 Å². The number of carboxylic acids is 1. The number of imidazole rings is 1. The van der Waals surface area contributed by atoms with Crippen LogP contribution >= 0.6 is 0 Å². The van der Waals surface area contributed by atoms with Crippen molar-refractivity contribution in [3.05, 3.63) is 18.2 Å². The third-order valence-electron chi connectivity index (χ3n) is 2.12. The topological polar surface area (TPSA) is 141 Å². The molecule has 1 rings (SSSR count). The Morgan fingerprint density at radius 3 is 2.76 bits per heavy atom. The summed E-state index contributed by atoms with van der Waals surface area (Å²) in [5, 5.41) is 19.5. The van der Waals surface area contributed by atoms with Gasteiger partial charge in [-0.1, -0.05) is 0 Å². The van der Waals surface area contributed by atoms with Crippen LogP contribution in [0.15, 0.2) is 12.5 Å². The minimum absolute atomic E-state index is 0.188. The van der Waals surface area contributed by atoms with Crippen LogP contribution in [0.1, 0.15) is 5.69 Å². The first-order valence-corrected chi connectivity index (χ1v) is 4.92. The Balaban J connectivity index is 2.49. The number of aromatic nitrogens is 2. The summed E-state index contributed by atoms with van der Waals surface area (Å²) in [4.78, 5) is 28.7. The zero-order valence-electron chi connectivity index (χ0n) is 8.96. The standard InChI is InChI=1S/C9H14N4O4/c10-6(1-5-2-11-4-12-5)8(15)13-7(3-14)9(16)17/h2,4,6-7,14H,1,3,10H2,(H,11,12)(H,13,15)(H,16,17). The molecule has 0 aliphatic heterocycles. The number of aliphatic carboxylic acids is 1. The van der Waals surface area contributed by atoms with Crippen LogP contribution in [0.3, 0.4) is 0 Å². The second-order valence-electron chi connectivity index (χ2n) is 3.45. The third-order valence-corrected chi connectivity index (χ3v) is 2.12. The molecule has 0 fully saturated rings. The van der Waals surface area contributed by atoms with E-state index in [0.717, 1.165) is 0 Å². The largest absolute Gasteiger partial charge is 0.480 e. The van der Waals surface area contributed by atoms with Gasteiger partial charge in [-0.05, 0) is 0 Å². The Kier molecular flexibility index (Phi) is 4.61. The number of nitrogens with zero attached hydrogens (tertiary/aromatic N) is 1. The van der Waals surface area contributed by atoms with Gasteiger partial charge in [-0.25, -0.2) is 9.78 Å². The van der Waals surface area contributed by atoms with Gasteiger partial charge >= 0.3 is 5.97 Å². The normalized spacial score (nSPS) is 14.0. The van der Waals surface area contributed by atoms with Crippen LogP contribution < -0.4 is 11.1 Å². The molecular weight excluding hydrogens is 228 g/mol. The number of carboxylic acid groups (broad SMARTS) is 1. The summed E-state index contributed by atoms with van der Waals surface area (Å²) in [7, 11) is 0. The number of aliphatic hydroxyl groups is 1. The van der Waals surface area contributed by atoms with Crippen molar-refractivity contribution >= 4 is 11.9 Å². The smallest absolute Gasteiger partial charge is 0.328 e. The number of aliphatic hydroxyl groups excluding tert-OH is 1. The highest BCUT2D eigenvalue weighted by Crippen LogP contribution is 1.97. The van der Waals surface area contributed by atoms with Gasteiger partial charge in [0, 0.05) is 12.6 Å². The SMILES string of the molecule is NC(Cc1c[nH]cn1)C(=O)NC(CO)C(=O)O. The Bertz CT molecular complexity index is 378. The maximum absolute atomic E-state index is 11.5. The van der Waals surface area contributed by atoms with E-state index >= 15 is 0 Å². The molecule has 8 nitrogen and oxygen atoms in total. The fraction of sp³-hybridized carbons (Fsp3) is 0.444. The molecule has 1 amide bonds. The molecule has 1 aromatic heterocycles. The first kappa shape index (κ1) is 13.1. The van der Waals surface area contributed by atoms with Crippen LogP contribution in [0.5, 0.6) is 0 Å². The van der Waals surface area contributed by atoms with Crippen molar-refractivity contribution in [2.75, 3.05) is 6.61 Å². The van der Waals surface area contributed by atoms with E-state index in [0.29, 0.717) is 5.69 Å². The van der Waals surface area contributed by atoms with Crippen molar-refractivity contribution in [2.24, 2.45) is 5.73 Å². The molecule has 8 heteroatoms. The molecule has 0 radical (unpaired) electrons. The van der Waals surface area contributed by atoms with E-state index in [-0.39, 0.29) is 6.42 Å². The molecule has 94 valence electrons. The summed E-state index contributed by atoms with van der Waals surface area (Å²) in [6, 6.07) is -2.25. The molecule has 0 spiro atoms. The van der Waals surface area contributed by atoms with Crippen LogP contribution in [-0.4, -0.2) is 50.7 Å². The molecule has 0 saturated carbocycles. The van der Waals surface area contributed by atoms with E-state index in [9.17, 15) is 9.59 Å². The molecule has 0 bridgehead atoms. The molecule has 0 aliphatic rings. The van der Waals surface area contributed by atoms with Gasteiger partial charge in [0.1, 0.15) is 6.04 Å². The van der Waals surface area contributed by atoms with Gasteiger partial charge in [0.05, 0.1) is 24.7 Å². The molecule has 6 N–H and O–H groups in total. The molecular formula is C9H14N4O4. The lowest BCUT2D eigenvalue weighted by molar-refractivity contribution is -0.143. The lowest BCUT2D eigenvalue weighted by atomic mass is 10.1. The number of carbonyl (C=O) groups is 2. The summed E-state index contributed by atoms with van der Waals surface area (Å²) in [5.41, 5.74) is 6.17. The average Bonchev–Trinajstić information content (AvgIpc) is 2.77. The van der Waals surface area contributed by atoms with Gasteiger partial charge in [-0.2, -0.15) is 0 Å². The molecule has 1 heterocycles. The summed E-state index contributed by atoms with van der Waals surface area (Å²) in [6.45, 7) is -0.684. The number of carbonyl (C=O) groups excluding carboxylic acids is 1. The zero-order chi connectivity index (χ0) is 12.8. The monoisotopic (exact) mass is 242 g/mol. The minimum atomic E-state index is -1.34. The van der Waals surface area contributed by atoms with E-state index in [4.69, 9.17) is 15.9 Å². The predicted molar refractivity (Wildman–Crippen MR) is 56.9 cm³/mol. The molecule has 2 atom stereocenters. The number of hydrogen-bond donors (Lipinski definition) is 5. The lowest BCUT2D eigenvalue weighted by Gasteiger charge is -2.15. The Labute approximate surface area is 96.9 Å². The van der Waals surface area contributed by atoms with Crippen LogP contribution in [0.25, 0.3) is 0 Å².